The van der Waals surface area contributed by atoms with E-state index in [1.54, 1.807) is 0 Å². The fourth-order valence-corrected chi connectivity index (χ4v) is 2.62. The quantitative estimate of drug-likeness (QED) is 0.859. The molecule has 2 aromatic heterocycles. The Morgan fingerprint density at radius 2 is 2.35 bits per heavy atom. The topological polar surface area (TPSA) is 42.7 Å². The van der Waals surface area contributed by atoms with Crippen molar-refractivity contribution in [3.05, 3.63) is 24.2 Å². The van der Waals surface area contributed by atoms with E-state index in [2.05, 4.69) is 28.7 Å². The zero-order valence-corrected chi connectivity index (χ0v) is 10.3. The summed E-state index contributed by atoms with van der Waals surface area (Å²) in [5, 5.41) is 3.41. The smallest absolute Gasteiger partial charge is 0.160 e. The Morgan fingerprint density at radius 1 is 1.47 bits per heavy atom. The first kappa shape index (κ1) is 10.7. The van der Waals surface area contributed by atoms with E-state index in [0.29, 0.717) is 12.0 Å². The standard InChI is InChI=1S/C13H18N4/c1-9(2)17-12(10-5-7-14-8-10)16-11-4-3-6-15-13(11)17/h3-4,6,9-10,14H,5,7-8H2,1-2H3/t10-/m1/s1. The van der Waals surface area contributed by atoms with E-state index in [9.17, 15) is 0 Å². The number of hydrogen-bond donors (Lipinski definition) is 1. The fourth-order valence-electron chi connectivity index (χ4n) is 2.62. The molecule has 1 saturated heterocycles. The molecule has 1 aliphatic heterocycles. The molecule has 0 aromatic carbocycles. The summed E-state index contributed by atoms with van der Waals surface area (Å²) in [5.41, 5.74) is 2.03. The molecule has 4 nitrogen and oxygen atoms in total. The van der Waals surface area contributed by atoms with Crippen molar-refractivity contribution in [1.82, 2.24) is 19.9 Å². The van der Waals surface area contributed by atoms with Crippen LogP contribution in [0.3, 0.4) is 0 Å². The van der Waals surface area contributed by atoms with Gasteiger partial charge in [0.25, 0.3) is 0 Å². The van der Waals surface area contributed by atoms with Crippen molar-refractivity contribution in [2.75, 3.05) is 13.1 Å². The van der Waals surface area contributed by atoms with Crippen LogP contribution in [0.25, 0.3) is 11.2 Å². The van der Waals surface area contributed by atoms with Gasteiger partial charge in [-0.1, -0.05) is 0 Å². The molecule has 0 saturated carbocycles. The van der Waals surface area contributed by atoms with Gasteiger partial charge in [-0.15, -0.1) is 0 Å². The lowest BCUT2D eigenvalue weighted by atomic mass is 10.1. The minimum atomic E-state index is 0.408. The van der Waals surface area contributed by atoms with Gasteiger partial charge in [-0.25, -0.2) is 9.97 Å². The molecular formula is C13H18N4. The van der Waals surface area contributed by atoms with Crippen LogP contribution in [0.15, 0.2) is 18.3 Å². The van der Waals surface area contributed by atoms with Crippen molar-refractivity contribution in [3.63, 3.8) is 0 Å². The molecule has 0 amide bonds. The van der Waals surface area contributed by atoms with Crippen LogP contribution < -0.4 is 5.32 Å². The predicted octanol–water partition coefficient (Wildman–Crippen LogP) is 2.09. The van der Waals surface area contributed by atoms with Crippen LogP contribution in [0.2, 0.25) is 0 Å². The van der Waals surface area contributed by atoms with Crippen molar-refractivity contribution in [2.24, 2.45) is 0 Å². The van der Waals surface area contributed by atoms with Crippen LogP contribution in [-0.4, -0.2) is 27.6 Å². The van der Waals surface area contributed by atoms with Crippen LogP contribution in [0.1, 0.15) is 38.1 Å². The molecule has 0 unspecified atom stereocenters. The Bertz CT molecular complexity index is 523. The third kappa shape index (κ3) is 1.72. The van der Waals surface area contributed by atoms with Crippen molar-refractivity contribution in [3.8, 4) is 0 Å². The van der Waals surface area contributed by atoms with E-state index in [1.165, 1.54) is 12.2 Å². The molecule has 0 bridgehead atoms. The number of hydrogen-bond acceptors (Lipinski definition) is 3. The molecule has 3 rings (SSSR count). The molecule has 90 valence electrons. The van der Waals surface area contributed by atoms with E-state index < -0.39 is 0 Å². The molecule has 0 spiro atoms. The van der Waals surface area contributed by atoms with Crippen molar-refractivity contribution < 1.29 is 0 Å². The van der Waals surface area contributed by atoms with Gasteiger partial charge in [0.1, 0.15) is 11.3 Å². The summed E-state index contributed by atoms with van der Waals surface area (Å²) in [6.45, 7) is 6.53. The van der Waals surface area contributed by atoms with E-state index >= 15 is 0 Å². The molecule has 1 aliphatic rings. The number of nitrogens with zero attached hydrogens (tertiary/aromatic N) is 3. The highest BCUT2D eigenvalue weighted by Crippen LogP contribution is 2.27. The zero-order valence-electron chi connectivity index (χ0n) is 10.3. The average Bonchev–Trinajstić information content (AvgIpc) is 2.95. The second-order valence-corrected chi connectivity index (χ2v) is 4.97. The molecule has 4 heteroatoms. The number of pyridine rings is 1. The maximum atomic E-state index is 4.78. The van der Waals surface area contributed by atoms with Gasteiger partial charge in [0, 0.05) is 24.7 Å². The SMILES string of the molecule is CC(C)n1c([C@@H]2CCNC2)nc2cccnc21. The van der Waals surface area contributed by atoms with Gasteiger partial charge in [-0.2, -0.15) is 0 Å². The summed E-state index contributed by atoms with van der Waals surface area (Å²) < 4.78 is 2.28. The molecule has 0 radical (unpaired) electrons. The fraction of sp³-hybridized carbons (Fsp3) is 0.538. The summed E-state index contributed by atoms with van der Waals surface area (Å²) in [7, 11) is 0. The van der Waals surface area contributed by atoms with Gasteiger partial charge in [-0.05, 0) is 38.9 Å². The Hall–Kier alpha value is -1.42. The van der Waals surface area contributed by atoms with E-state index in [0.717, 1.165) is 24.3 Å². The summed E-state index contributed by atoms with van der Waals surface area (Å²) in [4.78, 5) is 9.25. The Morgan fingerprint density at radius 3 is 3.06 bits per heavy atom. The van der Waals surface area contributed by atoms with Gasteiger partial charge in [0.05, 0.1) is 0 Å². The highest BCUT2D eigenvalue weighted by Gasteiger charge is 2.24. The molecule has 1 fully saturated rings. The maximum Gasteiger partial charge on any atom is 0.160 e. The molecular weight excluding hydrogens is 212 g/mol. The third-order valence-electron chi connectivity index (χ3n) is 3.42. The number of imidazole rings is 1. The summed E-state index contributed by atoms with van der Waals surface area (Å²) in [6, 6.07) is 4.41. The van der Waals surface area contributed by atoms with Crippen LogP contribution >= 0.6 is 0 Å². The summed E-state index contributed by atoms with van der Waals surface area (Å²) >= 11 is 0. The Balaban J connectivity index is 2.18. The molecule has 2 aromatic rings. The maximum absolute atomic E-state index is 4.78. The first-order chi connectivity index (χ1) is 8.27. The lowest BCUT2D eigenvalue weighted by Crippen LogP contribution is -2.14. The van der Waals surface area contributed by atoms with Crippen LogP contribution in [0.4, 0.5) is 0 Å². The number of fused-ring (bicyclic) bond motifs is 1. The number of nitrogens with one attached hydrogen (secondary N) is 1. The second kappa shape index (κ2) is 4.11. The third-order valence-corrected chi connectivity index (χ3v) is 3.42. The Labute approximate surface area is 101 Å². The number of aromatic nitrogens is 3. The molecule has 1 N–H and O–H groups in total. The lowest BCUT2D eigenvalue weighted by Gasteiger charge is -2.15. The highest BCUT2D eigenvalue weighted by atomic mass is 15.2. The molecule has 3 heterocycles. The van der Waals surface area contributed by atoms with Crippen LogP contribution in [-0.2, 0) is 0 Å². The van der Waals surface area contributed by atoms with Gasteiger partial charge in [0.2, 0.25) is 0 Å². The van der Waals surface area contributed by atoms with Gasteiger partial charge >= 0.3 is 0 Å². The van der Waals surface area contributed by atoms with Crippen molar-refractivity contribution in [1.29, 1.82) is 0 Å². The monoisotopic (exact) mass is 230 g/mol. The Kier molecular flexibility index (Phi) is 2.59. The lowest BCUT2D eigenvalue weighted by molar-refractivity contribution is 0.547. The van der Waals surface area contributed by atoms with Crippen LogP contribution in [0.5, 0.6) is 0 Å². The summed E-state index contributed by atoms with van der Waals surface area (Å²) in [5.74, 6) is 1.73. The largest absolute Gasteiger partial charge is 0.316 e. The zero-order chi connectivity index (χ0) is 11.8. The van der Waals surface area contributed by atoms with Crippen molar-refractivity contribution >= 4 is 11.2 Å². The molecule has 17 heavy (non-hydrogen) atoms. The van der Waals surface area contributed by atoms with E-state index in [1.807, 2.05) is 18.3 Å². The van der Waals surface area contributed by atoms with Gasteiger partial charge in [0.15, 0.2) is 5.65 Å². The highest BCUT2D eigenvalue weighted by molar-refractivity contribution is 5.71. The summed E-state index contributed by atoms with van der Waals surface area (Å²) in [6.07, 6.45) is 3.02. The number of rotatable bonds is 2. The predicted molar refractivity (Wildman–Crippen MR) is 68.1 cm³/mol. The van der Waals surface area contributed by atoms with E-state index in [-0.39, 0.29) is 0 Å². The first-order valence-corrected chi connectivity index (χ1v) is 6.31. The minimum Gasteiger partial charge on any atom is -0.316 e. The average molecular weight is 230 g/mol. The van der Waals surface area contributed by atoms with Crippen LogP contribution in [0, 0.1) is 0 Å². The molecule has 0 aliphatic carbocycles. The van der Waals surface area contributed by atoms with Crippen molar-refractivity contribution in [2.45, 2.75) is 32.2 Å². The second-order valence-electron chi connectivity index (χ2n) is 4.97. The molecule has 1 atom stereocenters. The van der Waals surface area contributed by atoms with Gasteiger partial charge in [-0.3, -0.25) is 0 Å². The normalized spacial score (nSPS) is 20.5. The van der Waals surface area contributed by atoms with Gasteiger partial charge < -0.3 is 9.88 Å². The first-order valence-electron chi connectivity index (χ1n) is 6.31. The van der Waals surface area contributed by atoms with E-state index in [4.69, 9.17) is 4.98 Å². The minimum absolute atomic E-state index is 0.408.